The lowest BCUT2D eigenvalue weighted by molar-refractivity contribution is -0.130. The average Bonchev–Trinajstić information content (AvgIpc) is 2.33. The van der Waals surface area contributed by atoms with Crippen LogP contribution in [-0.2, 0) is 4.79 Å². The third kappa shape index (κ3) is 3.52. The van der Waals surface area contributed by atoms with Gasteiger partial charge in [0.2, 0.25) is 5.75 Å². The second-order valence-electron chi connectivity index (χ2n) is 3.62. The van der Waals surface area contributed by atoms with Crippen LogP contribution in [0.15, 0.2) is 30.4 Å². The van der Waals surface area contributed by atoms with Gasteiger partial charge >= 0.3 is 5.97 Å². The number of hydrogen-bond acceptors (Lipinski definition) is 4. The fourth-order valence-electron chi connectivity index (χ4n) is 1.32. The van der Waals surface area contributed by atoms with Crippen molar-refractivity contribution in [3.05, 3.63) is 30.4 Å². The molecule has 0 atom stereocenters. The lowest BCUT2D eigenvalue weighted by Gasteiger charge is -2.14. The van der Waals surface area contributed by atoms with Crippen molar-refractivity contribution in [1.29, 1.82) is 0 Å². The molecular formula is C14H18O4. The fourth-order valence-corrected chi connectivity index (χ4v) is 1.32. The highest BCUT2D eigenvalue weighted by molar-refractivity contribution is 5.89. The van der Waals surface area contributed by atoms with Gasteiger partial charge < -0.3 is 14.2 Å². The molecule has 98 valence electrons. The van der Waals surface area contributed by atoms with Gasteiger partial charge in [-0.25, -0.2) is 4.79 Å². The Bertz CT molecular complexity index is 437. The molecule has 0 saturated carbocycles. The van der Waals surface area contributed by atoms with Crippen molar-refractivity contribution in [2.24, 2.45) is 0 Å². The maximum Gasteiger partial charge on any atom is 0.338 e. The average molecular weight is 250 g/mol. The van der Waals surface area contributed by atoms with Crippen molar-refractivity contribution in [2.75, 3.05) is 13.2 Å². The van der Waals surface area contributed by atoms with E-state index in [9.17, 15) is 4.79 Å². The zero-order valence-corrected chi connectivity index (χ0v) is 11.0. The molecule has 1 aromatic rings. The van der Waals surface area contributed by atoms with Crippen molar-refractivity contribution in [3.8, 4) is 17.2 Å². The molecule has 0 fully saturated rings. The van der Waals surface area contributed by atoms with Crippen LogP contribution in [0.25, 0.3) is 0 Å². The SMILES string of the molecule is C=C(C)C(=O)Oc1cccc(OCC)c1OCC. The Kier molecular flexibility index (Phi) is 5.24. The molecule has 18 heavy (non-hydrogen) atoms. The molecule has 0 aliphatic carbocycles. The summed E-state index contributed by atoms with van der Waals surface area (Å²) in [5.41, 5.74) is 0.333. The van der Waals surface area contributed by atoms with Crippen molar-refractivity contribution in [3.63, 3.8) is 0 Å². The number of hydrogen-bond donors (Lipinski definition) is 0. The highest BCUT2D eigenvalue weighted by atomic mass is 16.6. The van der Waals surface area contributed by atoms with Crippen LogP contribution in [-0.4, -0.2) is 19.2 Å². The first-order valence-electron chi connectivity index (χ1n) is 5.86. The van der Waals surface area contributed by atoms with Crippen molar-refractivity contribution in [1.82, 2.24) is 0 Å². The number of rotatable bonds is 6. The number of esters is 1. The van der Waals surface area contributed by atoms with Gasteiger partial charge in [0.1, 0.15) is 0 Å². The summed E-state index contributed by atoms with van der Waals surface area (Å²) < 4.78 is 16.1. The van der Waals surface area contributed by atoms with Gasteiger partial charge in [-0.2, -0.15) is 0 Å². The van der Waals surface area contributed by atoms with E-state index < -0.39 is 5.97 Å². The molecule has 1 rings (SSSR count). The Hall–Kier alpha value is -1.97. The highest BCUT2D eigenvalue weighted by Crippen LogP contribution is 2.37. The van der Waals surface area contributed by atoms with Crippen molar-refractivity contribution >= 4 is 5.97 Å². The summed E-state index contributed by atoms with van der Waals surface area (Å²) in [6.07, 6.45) is 0. The van der Waals surface area contributed by atoms with Gasteiger partial charge in [-0.05, 0) is 32.9 Å². The van der Waals surface area contributed by atoms with Gasteiger partial charge in [0.15, 0.2) is 11.5 Å². The molecule has 0 heterocycles. The Morgan fingerprint density at radius 1 is 1.17 bits per heavy atom. The van der Waals surface area contributed by atoms with E-state index in [1.54, 1.807) is 25.1 Å². The lowest BCUT2D eigenvalue weighted by Crippen LogP contribution is -2.10. The van der Waals surface area contributed by atoms with Crippen LogP contribution in [0.5, 0.6) is 17.2 Å². The van der Waals surface area contributed by atoms with Crippen molar-refractivity contribution < 1.29 is 19.0 Å². The number of para-hydroxylation sites is 1. The van der Waals surface area contributed by atoms with Crippen LogP contribution < -0.4 is 14.2 Å². The number of carbonyl (C=O) groups excluding carboxylic acids is 1. The molecule has 0 saturated heterocycles. The van der Waals surface area contributed by atoms with Crippen LogP contribution >= 0.6 is 0 Å². The molecule has 0 N–H and O–H groups in total. The standard InChI is InChI=1S/C14H18O4/c1-5-16-11-8-7-9-12(13(11)17-6-2)18-14(15)10(3)4/h7-9H,3,5-6H2,1-2,4H3. The zero-order valence-electron chi connectivity index (χ0n) is 11.0. The summed E-state index contributed by atoms with van der Waals surface area (Å²) in [4.78, 5) is 11.5. The predicted molar refractivity (Wildman–Crippen MR) is 69.2 cm³/mol. The second-order valence-corrected chi connectivity index (χ2v) is 3.62. The largest absolute Gasteiger partial charge is 0.490 e. The van der Waals surface area contributed by atoms with Gasteiger partial charge in [-0.3, -0.25) is 0 Å². The molecule has 0 bridgehead atoms. The van der Waals surface area contributed by atoms with Gasteiger partial charge in [-0.15, -0.1) is 0 Å². The fraction of sp³-hybridized carbons (Fsp3) is 0.357. The van der Waals surface area contributed by atoms with Gasteiger partial charge in [0.05, 0.1) is 13.2 Å². The van der Waals surface area contributed by atoms with Gasteiger partial charge in [0.25, 0.3) is 0 Å². The molecule has 0 amide bonds. The second kappa shape index (κ2) is 6.69. The topological polar surface area (TPSA) is 44.8 Å². The summed E-state index contributed by atoms with van der Waals surface area (Å²) in [5.74, 6) is 0.864. The van der Waals surface area contributed by atoms with E-state index in [2.05, 4.69) is 6.58 Å². The number of benzene rings is 1. The predicted octanol–water partition coefficient (Wildman–Crippen LogP) is 2.97. The first kappa shape index (κ1) is 14.1. The normalized spacial score (nSPS) is 9.72. The minimum Gasteiger partial charge on any atom is -0.490 e. The summed E-state index contributed by atoms with van der Waals surface area (Å²) in [6, 6.07) is 5.18. The molecule has 0 unspecified atom stereocenters. The highest BCUT2D eigenvalue weighted by Gasteiger charge is 2.15. The van der Waals surface area contributed by atoms with E-state index in [4.69, 9.17) is 14.2 Å². The molecule has 1 aromatic carbocycles. The quantitative estimate of drug-likeness (QED) is 0.442. The van der Waals surface area contributed by atoms with E-state index in [-0.39, 0.29) is 0 Å². The number of ether oxygens (including phenoxy) is 3. The minimum atomic E-state index is -0.482. The van der Waals surface area contributed by atoms with E-state index in [0.717, 1.165) is 0 Å². The summed E-state index contributed by atoms with van der Waals surface area (Å²) >= 11 is 0. The molecule has 0 aliphatic heterocycles. The first-order valence-corrected chi connectivity index (χ1v) is 5.86. The Labute approximate surface area is 107 Å². The molecule has 0 spiro atoms. The smallest absolute Gasteiger partial charge is 0.338 e. The third-order valence-corrected chi connectivity index (χ3v) is 2.08. The van der Waals surface area contributed by atoms with Crippen LogP contribution in [0.2, 0.25) is 0 Å². The first-order chi connectivity index (χ1) is 8.60. The molecule has 4 nitrogen and oxygen atoms in total. The zero-order chi connectivity index (χ0) is 13.5. The van der Waals surface area contributed by atoms with Gasteiger partial charge in [-0.1, -0.05) is 12.6 Å². The van der Waals surface area contributed by atoms with E-state index in [1.165, 1.54) is 0 Å². The van der Waals surface area contributed by atoms with Crippen LogP contribution in [0, 0.1) is 0 Å². The summed E-state index contributed by atoms with van der Waals surface area (Å²) in [5, 5.41) is 0. The van der Waals surface area contributed by atoms with Crippen LogP contribution in [0.3, 0.4) is 0 Å². The Balaban J connectivity index is 3.05. The van der Waals surface area contributed by atoms with E-state index in [0.29, 0.717) is 36.0 Å². The maximum atomic E-state index is 11.5. The van der Waals surface area contributed by atoms with Crippen LogP contribution in [0.4, 0.5) is 0 Å². The van der Waals surface area contributed by atoms with E-state index >= 15 is 0 Å². The molecule has 0 radical (unpaired) electrons. The minimum absolute atomic E-state index is 0.333. The van der Waals surface area contributed by atoms with Crippen molar-refractivity contribution in [2.45, 2.75) is 20.8 Å². The van der Waals surface area contributed by atoms with Crippen LogP contribution in [0.1, 0.15) is 20.8 Å². The summed E-state index contributed by atoms with van der Waals surface area (Å²) in [7, 11) is 0. The molecule has 4 heteroatoms. The molecular weight excluding hydrogens is 232 g/mol. The Morgan fingerprint density at radius 3 is 2.33 bits per heavy atom. The molecule has 0 aromatic heterocycles. The summed E-state index contributed by atoms with van der Waals surface area (Å²) in [6.45, 7) is 9.83. The molecule has 0 aliphatic rings. The maximum absolute atomic E-state index is 11.5. The van der Waals surface area contributed by atoms with E-state index in [1.807, 2.05) is 13.8 Å². The lowest BCUT2D eigenvalue weighted by atomic mass is 10.3. The third-order valence-electron chi connectivity index (χ3n) is 2.08. The number of carbonyl (C=O) groups is 1. The Morgan fingerprint density at radius 2 is 1.78 bits per heavy atom. The van der Waals surface area contributed by atoms with Gasteiger partial charge in [0, 0.05) is 5.57 Å². The monoisotopic (exact) mass is 250 g/mol.